The van der Waals surface area contributed by atoms with Gasteiger partial charge in [0.05, 0.1) is 0 Å². The zero-order valence-electron chi connectivity index (χ0n) is 26.3. The lowest BCUT2D eigenvalue weighted by atomic mass is 9.89. The molecule has 0 atom stereocenters. The van der Waals surface area contributed by atoms with Crippen molar-refractivity contribution in [2.45, 2.75) is 0 Å². The number of benzene rings is 9. The summed E-state index contributed by atoms with van der Waals surface area (Å²) in [4.78, 5) is 0. The second-order valence-corrected chi connectivity index (χ2v) is 12.3. The first-order chi connectivity index (χ1) is 23.8. The smallest absolute Gasteiger partial charge is 0.0470 e. The lowest BCUT2D eigenvalue weighted by Crippen LogP contribution is -1.97. The van der Waals surface area contributed by atoms with Gasteiger partial charge in [-0.3, -0.25) is 0 Å². The van der Waals surface area contributed by atoms with Crippen molar-refractivity contribution in [3.05, 3.63) is 182 Å². The Morgan fingerprint density at radius 1 is 0.312 bits per heavy atom. The van der Waals surface area contributed by atoms with Crippen LogP contribution in [0.25, 0.3) is 65.3 Å². The highest BCUT2D eigenvalue weighted by Gasteiger charge is 2.16. The molecule has 0 spiro atoms. The predicted octanol–water partition coefficient (Wildman–Crippen LogP) is 13.1. The van der Waals surface area contributed by atoms with Crippen molar-refractivity contribution >= 4 is 65.8 Å². The van der Waals surface area contributed by atoms with Gasteiger partial charge in [0.1, 0.15) is 0 Å². The minimum Gasteiger partial charge on any atom is -0.355 e. The van der Waals surface area contributed by atoms with Gasteiger partial charge in [-0.2, -0.15) is 0 Å². The van der Waals surface area contributed by atoms with Crippen LogP contribution in [-0.4, -0.2) is 0 Å². The van der Waals surface area contributed by atoms with Crippen LogP contribution >= 0.6 is 0 Å². The summed E-state index contributed by atoms with van der Waals surface area (Å²) in [5.41, 5.74) is 8.97. The van der Waals surface area contributed by atoms with E-state index in [0.717, 1.165) is 28.3 Å². The van der Waals surface area contributed by atoms with Crippen molar-refractivity contribution in [2.24, 2.45) is 0 Å². The SMILES string of the molecule is c1ccc(Nc2ccc3ccccc3c2-c2cccc(Nc3ccccc3-c3cc4ccccc4c4ccc5ccccc5c34)c2)cc1. The Labute approximate surface area is 279 Å². The van der Waals surface area contributed by atoms with Gasteiger partial charge >= 0.3 is 0 Å². The molecule has 0 aliphatic rings. The normalized spacial score (nSPS) is 11.3. The van der Waals surface area contributed by atoms with E-state index in [1.807, 2.05) is 6.07 Å². The number of para-hydroxylation sites is 2. The number of rotatable bonds is 6. The van der Waals surface area contributed by atoms with E-state index in [4.69, 9.17) is 0 Å². The highest BCUT2D eigenvalue weighted by molar-refractivity contribution is 6.23. The van der Waals surface area contributed by atoms with Crippen LogP contribution in [0.5, 0.6) is 0 Å². The Balaban J connectivity index is 1.19. The summed E-state index contributed by atoms with van der Waals surface area (Å²) < 4.78 is 0. The third-order valence-electron chi connectivity index (χ3n) is 9.38. The molecule has 0 saturated carbocycles. The molecule has 2 N–H and O–H groups in total. The molecule has 0 aromatic heterocycles. The van der Waals surface area contributed by atoms with Crippen LogP contribution in [0.15, 0.2) is 182 Å². The molecular formula is C46H32N2. The Hall–Kier alpha value is -6.38. The highest BCUT2D eigenvalue weighted by Crippen LogP contribution is 2.43. The number of hydrogen-bond acceptors (Lipinski definition) is 2. The molecule has 0 aliphatic heterocycles. The van der Waals surface area contributed by atoms with Crippen molar-refractivity contribution in [1.82, 2.24) is 0 Å². The standard InChI is InChI=1S/C46H32N2/c1-2-17-35(18-3-1)47-44-28-26-32-14-4-8-21-38(32)45(44)34-16-12-19-36(29-34)48-43-24-11-10-23-40(43)42-30-33-15-6-7-20-37(33)41-27-25-31-13-5-9-22-39(31)46(41)42/h1-30,47-48H. The largest absolute Gasteiger partial charge is 0.355 e. The molecule has 0 saturated heterocycles. The highest BCUT2D eigenvalue weighted by atomic mass is 14.9. The zero-order valence-corrected chi connectivity index (χ0v) is 26.3. The molecule has 0 fully saturated rings. The van der Waals surface area contributed by atoms with Crippen molar-refractivity contribution in [3.8, 4) is 22.3 Å². The lowest BCUT2D eigenvalue weighted by molar-refractivity contribution is 1.53. The molecule has 48 heavy (non-hydrogen) atoms. The average molecular weight is 613 g/mol. The number of nitrogens with one attached hydrogen (secondary N) is 2. The van der Waals surface area contributed by atoms with E-state index in [1.54, 1.807) is 0 Å². The van der Waals surface area contributed by atoms with E-state index in [2.05, 4.69) is 187 Å². The first-order valence-electron chi connectivity index (χ1n) is 16.4. The second kappa shape index (κ2) is 11.8. The van der Waals surface area contributed by atoms with Crippen molar-refractivity contribution in [2.75, 3.05) is 10.6 Å². The monoisotopic (exact) mass is 612 g/mol. The van der Waals surface area contributed by atoms with Gasteiger partial charge in [-0.25, -0.2) is 0 Å². The molecule has 9 aromatic carbocycles. The molecule has 0 radical (unpaired) electrons. The van der Waals surface area contributed by atoms with Crippen LogP contribution < -0.4 is 10.6 Å². The number of anilines is 4. The fourth-order valence-corrected chi connectivity index (χ4v) is 7.19. The van der Waals surface area contributed by atoms with E-state index in [1.165, 1.54) is 59.8 Å². The molecule has 0 bridgehead atoms. The number of hydrogen-bond donors (Lipinski definition) is 2. The van der Waals surface area contributed by atoms with Gasteiger partial charge in [-0.05, 0) is 96.7 Å². The zero-order chi connectivity index (χ0) is 31.9. The molecule has 0 aliphatic carbocycles. The third-order valence-corrected chi connectivity index (χ3v) is 9.38. The Kier molecular flexibility index (Phi) is 6.84. The molecule has 226 valence electrons. The lowest BCUT2D eigenvalue weighted by Gasteiger charge is -2.19. The van der Waals surface area contributed by atoms with Crippen molar-refractivity contribution in [3.63, 3.8) is 0 Å². The van der Waals surface area contributed by atoms with Gasteiger partial charge < -0.3 is 10.6 Å². The maximum atomic E-state index is 3.84. The Morgan fingerprint density at radius 3 is 1.79 bits per heavy atom. The van der Waals surface area contributed by atoms with Gasteiger partial charge in [-0.15, -0.1) is 0 Å². The van der Waals surface area contributed by atoms with Crippen LogP contribution in [0.4, 0.5) is 22.7 Å². The minimum absolute atomic E-state index is 1.04. The summed E-state index contributed by atoms with van der Waals surface area (Å²) in [7, 11) is 0. The number of fused-ring (bicyclic) bond motifs is 6. The molecule has 0 heterocycles. The predicted molar refractivity (Wildman–Crippen MR) is 207 cm³/mol. The van der Waals surface area contributed by atoms with Crippen LogP contribution in [-0.2, 0) is 0 Å². The average Bonchev–Trinajstić information content (AvgIpc) is 3.15. The van der Waals surface area contributed by atoms with Gasteiger partial charge in [0, 0.05) is 33.9 Å². The maximum Gasteiger partial charge on any atom is 0.0470 e. The van der Waals surface area contributed by atoms with E-state index < -0.39 is 0 Å². The van der Waals surface area contributed by atoms with Crippen molar-refractivity contribution in [1.29, 1.82) is 0 Å². The molecule has 9 rings (SSSR count). The fraction of sp³-hybridized carbons (Fsp3) is 0. The van der Waals surface area contributed by atoms with Crippen LogP contribution in [0.3, 0.4) is 0 Å². The van der Waals surface area contributed by atoms with Crippen molar-refractivity contribution < 1.29 is 0 Å². The minimum atomic E-state index is 1.04. The van der Waals surface area contributed by atoms with E-state index in [-0.39, 0.29) is 0 Å². The molecular weight excluding hydrogens is 581 g/mol. The quantitative estimate of drug-likeness (QED) is 0.183. The first-order valence-corrected chi connectivity index (χ1v) is 16.4. The van der Waals surface area contributed by atoms with E-state index >= 15 is 0 Å². The topological polar surface area (TPSA) is 24.1 Å². The molecule has 2 nitrogen and oxygen atoms in total. The van der Waals surface area contributed by atoms with E-state index in [0.29, 0.717) is 0 Å². The maximum absolute atomic E-state index is 3.84. The summed E-state index contributed by atoms with van der Waals surface area (Å²) in [6, 6.07) is 65.2. The molecule has 2 heteroatoms. The van der Waals surface area contributed by atoms with E-state index in [9.17, 15) is 0 Å². The summed E-state index contributed by atoms with van der Waals surface area (Å²) in [6.45, 7) is 0. The first kappa shape index (κ1) is 27.9. The van der Waals surface area contributed by atoms with Gasteiger partial charge in [0.25, 0.3) is 0 Å². The third kappa shape index (κ3) is 4.92. The van der Waals surface area contributed by atoms with Gasteiger partial charge in [0.2, 0.25) is 0 Å². The van der Waals surface area contributed by atoms with Crippen LogP contribution in [0.2, 0.25) is 0 Å². The van der Waals surface area contributed by atoms with Gasteiger partial charge in [-0.1, -0.05) is 140 Å². The molecule has 0 unspecified atom stereocenters. The van der Waals surface area contributed by atoms with Crippen LogP contribution in [0.1, 0.15) is 0 Å². The second-order valence-electron chi connectivity index (χ2n) is 12.3. The molecule has 0 amide bonds. The summed E-state index contributed by atoms with van der Waals surface area (Å²) in [6.07, 6.45) is 0. The molecule has 9 aromatic rings. The summed E-state index contributed by atoms with van der Waals surface area (Å²) in [5.74, 6) is 0. The fourth-order valence-electron chi connectivity index (χ4n) is 7.19. The summed E-state index contributed by atoms with van der Waals surface area (Å²) in [5, 5.41) is 17.5. The Morgan fingerprint density at radius 2 is 0.938 bits per heavy atom. The van der Waals surface area contributed by atoms with Gasteiger partial charge in [0.15, 0.2) is 0 Å². The summed E-state index contributed by atoms with van der Waals surface area (Å²) >= 11 is 0. The Bertz CT molecular complexity index is 2620. The van der Waals surface area contributed by atoms with Crippen LogP contribution in [0, 0.1) is 0 Å².